The minimum atomic E-state index is -1.19. The van der Waals surface area contributed by atoms with Gasteiger partial charge in [-0.05, 0) is 30.9 Å². The Morgan fingerprint density at radius 3 is 2.39 bits per heavy atom. The van der Waals surface area contributed by atoms with Gasteiger partial charge in [-0.1, -0.05) is 43.2 Å². The molecule has 1 heterocycles. The van der Waals surface area contributed by atoms with Crippen molar-refractivity contribution in [1.29, 1.82) is 0 Å². The number of hydrogen-bond acceptors (Lipinski definition) is 5. The molecule has 3 N–H and O–H groups in total. The van der Waals surface area contributed by atoms with E-state index in [0.29, 0.717) is 29.8 Å². The van der Waals surface area contributed by atoms with E-state index in [1.807, 2.05) is 37.3 Å². The zero-order valence-corrected chi connectivity index (χ0v) is 16.5. The largest absolute Gasteiger partial charge is 0.550 e. The van der Waals surface area contributed by atoms with Crippen molar-refractivity contribution >= 4 is 34.1 Å². The number of carbonyl (C=O) groups excluding carboxylic acids is 3. The molecule has 1 aliphatic carbocycles. The molecule has 1 aromatic carbocycles. The maximum Gasteiger partial charge on any atom is 0.251 e. The minimum absolute atomic E-state index is 0.296. The van der Waals surface area contributed by atoms with Gasteiger partial charge in [-0.2, -0.15) is 0 Å². The lowest BCUT2D eigenvalue weighted by Gasteiger charge is -2.31. The van der Waals surface area contributed by atoms with Gasteiger partial charge in [-0.3, -0.25) is 9.59 Å². The van der Waals surface area contributed by atoms with E-state index in [1.165, 1.54) is 11.3 Å². The maximum atomic E-state index is 12.8. The van der Waals surface area contributed by atoms with E-state index in [1.54, 1.807) is 0 Å². The highest BCUT2D eigenvalue weighted by Gasteiger charge is 2.33. The van der Waals surface area contributed by atoms with Gasteiger partial charge in [0, 0.05) is 29.1 Å². The number of benzene rings is 1. The molecule has 0 spiro atoms. The van der Waals surface area contributed by atoms with Gasteiger partial charge < -0.3 is 21.0 Å². The molecule has 1 fully saturated rings. The van der Waals surface area contributed by atoms with Gasteiger partial charge in [-0.15, -0.1) is 11.3 Å². The van der Waals surface area contributed by atoms with Crippen molar-refractivity contribution in [3.63, 3.8) is 0 Å². The number of anilines is 1. The van der Waals surface area contributed by atoms with Gasteiger partial charge in [0.25, 0.3) is 5.91 Å². The van der Waals surface area contributed by atoms with Crippen LogP contribution in [0.3, 0.4) is 0 Å². The number of carboxylic acids is 1. The smallest absolute Gasteiger partial charge is 0.251 e. The number of thiophene rings is 1. The average Bonchev–Trinajstić information content (AvgIpc) is 2.97. The molecule has 0 bridgehead atoms. The summed E-state index contributed by atoms with van der Waals surface area (Å²) in [5.41, 5.74) is 7.70. The summed E-state index contributed by atoms with van der Waals surface area (Å²) in [6.45, 7) is 1.81. The summed E-state index contributed by atoms with van der Waals surface area (Å²) >= 11 is 1.32. The van der Waals surface area contributed by atoms with Crippen LogP contribution in [0, 0.1) is 18.8 Å². The number of nitrogens with two attached hydrogens (primary N) is 1. The van der Waals surface area contributed by atoms with E-state index in [2.05, 4.69) is 5.32 Å². The Bertz CT molecular complexity index is 891. The second kappa shape index (κ2) is 8.56. The molecule has 1 saturated carbocycles. The topological polar surface area (TPSA) is 112 Å². The molecule has 28 heavy (non-hydrogen) atoms. The molecule has 2 aromatic rings. The minimum Gasteiger partial charge on any atom is -0.550 e. The Morgan fingerprint density at radius 2 is 1.79 bits per heavy atom. The first-order chi connectivity index (χ1) is 13.4. The van der Waals surface area contributed by atoms with Crippen LogP contribution < -0.4 is 16.2 Å². The SMILES string of the molecule is Cc1c(Cc2ccccc2)sc(NC(=O)[C@H]2CCCC[C@H]2C(=O)[O-])c1C(N)=O. The molecule has 0 saturated heterocycles. The first kappa shape index (κ1) is 20.1. The summed E-state index contributed by atoms with van der Waals surface area (Å²) < 4.78 is 0. The van der Waals surface area contributed by atoms with Crippen molar-refractivity contribution in [2.24, 2.45) is 17.6 Å². The monoisotopic (exact) mass is 399 g/mol. The molecule has 0 aliphatic heterocycles. The third-order valence-corrected chi connectivity index (χ3v) is 6.55. The second-order valence-electron chi connectivity index (χ2n) is 7.19. The molecule has 0 radical (unpaired) electrons. The summed E-state index contributed by atoms with van der Waals surface area (Å²) in [6, 6.07) is 9.81. The molecule has 2 amide bonds. The summed E-state index contributed by atoms with van der Waals surface area (Å²) in [5.74, 6) is -3.63. The second-order valence-corrected chi connectivity index (χ2v) is 8.29. The van der Waals surface area contributed by atoms with Crippen LogP contribution in [0.2, 0.25) is 0 Å². The van der Waals surface area contributed by atoms with Crippen LogP contribution in [0.5, 0.6) is 0 Å². The average molecular weight is 399 g/mol. The van der Waals surface area contributed by atoms with Gasteiger partial charge in [0.2, 0.25) is 5.91 Å². The fourth-order valence-electron chi connectivity index (χ4n) is 3.83. The van der Waals surface area contributed by atoms with Crippen LogP contribution in [-0.4, -0.2) is 17.8 Å². The van der Waals surface area contributed by atoms with Gasteiger partial charge in [0.1, 0.15) is 5.00 Å². The van der Waals surface area contributed by atoms with E-state index >= 15 is 0 Å². The Labute approximate surface area is 167 Å². The molecule has 1 aromatic heterocycles. The Hall–Kier alpha value is -2.67. The van der Waals surface area contributed by atoms with E-state index in [4.69, 9.17) is 5.73 Å². The van der Waals surface area contributed by atoms with Crippen LogP contribution in [0.1, 0.15) is 52.0 Å². The van der Waals surface area contributed by atoms with Gasteiger partial charge in [-0.25, -0.2) is 0 Å². The van der Waals surface area contributed by atoms with Gasteiger partial charge >= 0.3 is 0 Å². The number of aliphatic carboxylic acids is 1. The van der Waals surface area contributed by atoms with Crippen LogP contribution in [0.4, 0.5) is 5.00 Å². The number of nitrogens with one attached hydrogen (secondary N) is 1. The van der Waals surface area contributed by atoms with E-state index in [-0.39, 0.29) is 5.91 Å². The Morgan fingerprint density at radius 1 is 1.14 bits per heavy atom. The first-order valence-corrected chi connectivity index (χ1v) is 10.2. The molecule has 6 nitrogen and oxygen atoms in total. The Kier molecular flexibility index (Phi) is 6.14. The lowest BCUT2D eigenvalue weighted by molar-refractivity contribution is -0.313. The van der Waals surface area contributed by atoms with Gasteiger partial charge in [0.05, 0.1) is 5.56 Å². The fraction of sp³-hybridized carbons (Fsp3) is 0.381. The third kappa shape index (κ3) is 4.25. The fourth-order valence-corrected chi connectivity index (χ4v) is 5.07. The summed E-state index contributed by atoms with van der Waals surface area (Å²) in [6.07, 6.45) is 3.13. The number of hydrogen-bond donors (Lipinski definition) is 2. The van der Waals surface area contributed by atoms with Crippen LogP contribution >= 0.6 is 11.3 Å². The molecular formula is C21H23N2O4S-. The summed E-state index contributed by atoms with van der Waals surface area (Å²) in [5, 5.41) is 14.6. The number of carbonyl (C=O) groups is 3. The zero-order chi connectivity index (χ0) is 20.3. The number of amides is 2. The number of primary amides is 1. The Balaban J connectivity index is 1.86. The standard InChI is InChI=1S/C21H24N2O4S/c1-12-16(11-13-7-3-2-4-8-13)28-20(17(12)18(22)24)23-19(25)14-9-5-6-10-15(14)21(26)27/h2-4,7-8,14-15H,5-6,9-11H2,1H3,(H2,22,24)(H,23,25)(H,26,27)/p-1/t14-,15+/m0/s1. The molecule has 2 atom stereocenters. The highest BCUT2D eigenvalue weighted by atomic mass is 32.1. The summed E-state index contributed by atoms with van der Waals surface area (Å²) in [7, 11) is 0. The molecule has 3 rings (SSSR count). The normalized spacial score (nSPS) is 19.2. The first-order valence-electron chi connectivity index (χ1n) is 9.36. The highest BCUT2D eigenvalue weighted by Crippen LogP contribution is 2.36. The van der Waals surface area contributed by atoms with E-state index in [9.17, 15) is 19.5 Å². The van der Waals surface area contributed by atoms with Gasteiger partial charge in [0.15, 0.2) is 0 Å². The number of rotatable bonds is 6. The van der Waals surface area contributed by atoms with Crippen molar-refractivity contribution < 1.29 is 19.5 Å². The maximum absolute atomic E-state index is 12.8. The van der Waals surface area contributed by atoms with E-state index < -0.39 is 23.7 Å². The lowest BCUT2D eigenvalue weighted by atomic mass is 9.79. The third-order valence-electron chi connectivity index (χ3n) is 5.34. The predicted octanol–water partition coefficient (Wildman–Crippen LogP) is 2.24. The number of carboxylic acid groups (broad SMARTS) is 1. The molecule has 1 aliphatic rings. The van der Waals surface area contributed by atoms with Crippen LogP contribution in [0.25, 0.3) is 0 Å². The van der Waals surface area contributed by atoms with Crippen molar-refractivity contribution in [1.82, 2.24) is 0 Å². The van der Waals surface area contributed by atoms with Crippen LogP contribution in [0.15, 0.2) is 30.3 Å². The summed E-state index contributed by atoms with van der Waals surface area (Å²) in [4.78, 5) is 37.1. The molecule has 0 unspecified atom stereocenters. The lowest BCUT2D eigenvalue weighted by Crippen LogP contribution is -2.42. The molecule has 148 valence electrons. The highest BCUT2D eigenvalue weighted by molar-refractivity contribution is 7.17. The van der Waals surface area contributed by atoms with Crippen molar-refractivity contribution in [2.45, 2.75) is 39.0 Å². The van der Waals surface area contributed by atoms with Crippen molar-refractivity contribution in [3.05, 3.63) is 51.9 Å². The van der Waals surface area contributed by atoms with E-state index in [0.717, 1.165) is 28.8 Å². The quantitative estimate of drug-likeness (QED) is 0.775. The molecule has 7 heteroatoms. The molecular weight excluding hydrogens is 376 g/mol. The van der Waals surface area contributed by atoms with Crippen LogP contribution in [-0.2, 0) is 16.0 Å². The predicted molar refractivity (Wildman–Crippen MR) is 106 cm³/mol. The zero-order valence-electron chi connectivity index (χ0n) is 15.7. The van der Waals surface area contributed by atoms with Crippen molar-refractivity contribution in [2.75, 3.05) is 5.32 Å². The van der Waals surface area contributed by atoms with Crippen molar-refractivity contribution in [3.8, 4) is 0 Å².